The van der Waals surface area contributed by atoms with Crippen LogP contribution in [-0.4, -0.2) is 38.1 Å². The van der Waals surface area contributed by atoms with E-state index >= 15 is 0 Å². The van der Waals surface area contributed by atoms with Crippen LogP contribution in [0.1, 0.15) is 47.3 Å². The van der Waals surface area contributed by atoms with Crippen LogP contribution < -0.4 is 5.32 Å². The van der Waals surface area contributed by atoms with Crippen molar-refractivity contribution < 1.29 is 17.9 Å². The Morgan fingerprint density at radius 1 is 1.10 bits per heavy atom. The Labute approximate surface area is 176 Å². The van der Waals surface area contributed by atoms with Crippen LogP contribution in [0.5, 0.6) is 0 Å². The molecule has 0 atom stereocenters. The van der Waals surface area contributed by atoms with Gasteiger partial charge in [-0.05, 0) is 81.6 Å². The lowest BCUT2D eigenvalue weighted by molar-refractivity contribution is 0.0518. The predicted molar refractivity (Wildman–Crippen MR) is 117 cm³/mol. The number of piperidine rings is 1. The van der Waals surface area contributed by atoms with E-state index in [2.05, 4.69) is 5.32 Å². The summed E-state index contributed by atoms with van der Waals surface area (Å²) in [5, 5.41) is 4.09. The molecule has 3 aromatic rings. The Morgan fingerprint density at radius 2 is 1.80 bits per heavy atom. The normalized spacial score (nSPS) is 15.4. The second kappa shape index (κ2) is 8.24. The van der Waals surface area contributed by atoms with Gasteiger partial charge in [0.15, 0.2) is 0 Å². The van der Waals surface area contributed by atoms with Crippen LogP contribution in [0.2, 0.25) is 0 Å². The van der Waals surface area contributed by atoms with Crippen LogP contribution in [-0.2, 0) is 14.8 Å². The van der Waals surface area contributed by atoms with Crippen LogP contribution in [0.15, 0.2) is 53.4 Å². The smallest absolute Gasteiger partial charge is 0.356 e. The Balaban J connectivity index is 1.88. The molecule has 158 valence electrons. The first kappa shape index (κ1) is 20.6. The number of nitrogens with one attached hydrogen (secondary N) is 1. The molecule has 1 N–H and O–H groups in total. The zero-order valence-electron chi connectivity index (χ0n) is 17.2. The van der Waals surface area contributed by atoms with Gasteiger partial charge >= 0.3 is 5.97 Å². The van der Waals surface area contributed by atoms with Gasteiger partial charge in [-0.2, -0.15) is 0 Å². The summed E-state index contributed by atoms with van der Waals surface area (Å²) in [5.74, 6) is -0.216. The van der Waals surface area contributed by atoms with Crippen molar-refractivity contribution in [2.24, 2.45) is 0 Å². The first-order chi connectivity index (χ1) is 14.4. The van der Waals surface area contributed by atoms with E-state index in [0.29, 0.717) is 11.4 Å². The summed E-state index contributed by atoms with van der Waals surface area (Å²) in [6.45, 7) is 5.72. The fourth-order valence-electron chi connectivity index (χ4n) is 4.04. The van der Waals surface area contributed by atoms with E-state index < -0.39 is 16.0 Å². The van der Waals surface area contributed by atoms with Crippen molar-refractivity contribution in [3.05, 3.63) is 65.4 Å². The first-order valence-corrected chi connectivity index (χ1v) is 11.7. The molecule has 2 aromatic carbocycles. The molecule has 0 saturated carbocycles. The molecule has 0 amide bonds. The Hall–Kier alpha value is -2.64. The third kappa shape index (κ3) is 3.75. The molecule has 30 heavy (non-hydrogen) atoms. The number of carbonyl (C=O) groups excluding carboxylic acids is 1. The minimum absolute atomic E-state index is 0.0230. The van der Waals surface area contributed by atoms with Crippen molar-refractivity contribution in [3.63, 3.8) is 0 Å². The topological polar surface area (TPSA) is 77.4 Å². The van der Waals surface area contributed by atoms with Gasteiger partial charge in [-0.3, -0.25) is 0 Å². The molecule has 0 spiro atoms. The second-order valence-corrected chi connectivity index (χ2v) is 9.46. The average Bonchev–Trinajstić information content (AvgIpc) is 3.14. The number of hydrogen-bond donors (Lipinski definition) is 1. The molecule has 0 radical (unpaired) electrons. The maximum absolute atomic E-state index is 13.5. The number of nitrogens with zero attached hydrogens (tertiary/aromatic N) is 1. The number of aromatic nitrogens is 1. The number of benzene rings is 2. The molecule has 6 nitrogen and oxygen atoms in total. The number of hydrogen-bond acceptors (Lipinski definition) is 5. The number of carbonyl (C=O) groups is 1. The maximum Gasteiger partial charge on any atom is 0.356 e. The highest BCUT2D eigenvalue weighted by atomic mass is 32.2. The van der Waals surface area contributed by atoms with Gasteiger partial charge in [0, 0.05) is 5.39 Å². The number of aryl methyl sites for hydroxylation is 1. The van der Waals surface area contributed by atoms with Crippen molar-refractivity contribution in [3.8, 4) is 0 Å². The third-order valence-corrected chi connectivity index (χ3v) is 7.38. The Kier molecular flexibility index (Phi) is 5.66. The van der Waals surface area contributed by atoms with Crippen molar-refractivity contribution in [1.82, 2.24) is 9.29 Å². The Bertz CT molecular complexity index is 1170. The molecule has 0 bridgehead atoms. The zero-order valence-corrected chi connectivity index (χ0v) is 18.0. The van der Waals surface area contributed by atoms with Crippen LogP contribution in [0, 0.1) is 6.92 Å². The number of fused-ring (bicyclic) bond motifs is 1. The van der Waals surface area contributed by atoms with E-state index in [4.69, 9.17) is 4.74 Å². The van der Waals surface area contributed by atoms with Gasteiger partial charge in [-0.15, -0.1) is 0 Å². The van der Waals surface area contributed by atoms with Gasteiger partial charge < -0.3 is 10.1 Å². The van der Waals surface area contributed by atoms with Gasteiger partial charge in [0.2, 0.25) is 0 Å². The van der Waals surface area contributed by atoms with Crippen molar-refractivity contribution in [2.75, 3.05) is 19.7 Å². The summed E-state index contributed by atoms with van der Waals surface area (Å²) in [4.78, 5) is 12.8. The minimum Gasteiger partial charge on any atom is -0.461 e. The van der Waals surface area contributed by atoms with Gasteiger partial charge in [0.1, 0.15) is 5.69 Å². The van der Waals surface area contributed by atoms with E-state index in [-0.39, 0.29) is 17.2 Å². The molecule has 1 aromatic heterocycles. The van der Waals surface area contributed by atoms with Crippen molar-refractivity contribution in [1.29, 1.82) is 0 Å². The van der Waals surface area contributed by atoms with Crippen LogP contribution in [0.3, 0.4) is 0 Å². The molecule has 2 heterocycles. The molecular weight excluding hydrogens is 400 g/mol. The van der Waals surface area contributed by atoms with E-state index in [1.165, 1.54) is 5.56 Å². The molecule has 1 aliphatic rings. The highest BCUT2D eigenvalue weighted by molar-refractivity contribution is 7.90. The number of ether oxygens (including phenoxy) is 1. The van der Waals surface area contributed by atoms with Crippen LogP contribution in [0.4, 0.5) is 0 Å². The molecule has 1 fully saturated rings. The SMILES string of the molecule is CCOC(=O)c1cc2cc(C3CCNCC3)ccc2n1S(=O)(=O)c1ccc(C)cc1. The summed E-state index contributed by atoms with van der Waals surface area (Å²) in [6.07, 6.45) is 2.08. The van der Waals surface area contributed by atoms with Crippen LogP contribution >= 0.6 is 0 Å². The molecule has 0 unspecified atom stereocenters. The molecule has 0 aliphatic carbocycles. The lowest BCUT2D eigenvalue weighted by atomic mass is 9.90. The van der Waals surface area contributed by atoms with Gasteiger partial charge in [-0.25, -0.2) is 17.2 Å². The lowest BCUT2D eigenvalue weighted by Gasteiger charge is -2.23. The standard InChI is InChI=1S/C23H26N2O4S/c1-3-29-23(26)22-15-19-14-18(17-10-12-24-13-11-17)6-9-21(19)25(22)30(27,28)20-7-4-16(2)5-8-20/h4-9,14-15,17,24H,3,10-13H2,1-2H3. The summed E-state index contributed by atoms with van der Waals surface area (Å²) in [7, 11) is -3.96. The highest BCUT2D eigenvalue weighted by Gasteiger charge is 2.28. The first-order valence-electron chi connectivity index (χ1n) is 10.3. The molecule has 1 aliphatic heterocycles. The fraction of sp³-hybridized carbons (Fsp3) is 0.348. The molecule has 7 heteroatoms. The predicted octanol–water partition coefficient (Wildman–Crippen LogP) is 3.83. The van der Waals surface area contributed by atoms with E-state index in [9.17, 15) is 13.2 Å². The third-order valence-electron chi connectivity index (χ3n) is 5.64. The van der Waals surface area contributed by atoms with Gasteiger partial charge in [0.05, 0.1) is 17.0 Å². The minimum atomic E-state index is -3.96. The number of esters is 1. The Morgan fingerprint density at radius 3 is 2.47 bits per heavy atom. The monoisotopic (exact) mass is 426 g/mol. The molecular formula is C23H26N2O4S. The molecule has 4 rings (SSSR count). The van der Waals surface area contributed by atoms with Gasteiger partial charge in [-0.1, -0.05) is 23.8 Å². The largest absolute Gasteiger partial charge is 0.461 e. The van der Waals surface area contributed by atoms with Crippen LogP contribution in [0.25, 0.3) is 10.9 Å². The van der Waals surface area contributed by atoms with Crippen molar-refractivity contribution in [2.45, 2.75) is 37.5 Å². The summed E-state index contributed by atoms with van der Waals surface area (Å²) < 4.78 is 33.3. The molecule has 1 saturated heterocycles. The lowest BCUT2D eigenvalue weighted by Crippen LogP contribution is -2.26. The second-order valence-electron chi connectivity index (χ2n) is 7.68. The summed E-state index contributed by atoms with van der Waals surface area (Å²) in [5.41, 5.74) is 2.64. The number of rotatable bonds is 5. The van der Waals surface area contributed by atoms with Crippen molar-refractivity contribution >= 4 is 26.9 Å². The van der Waals surface area contributed by atoms with E-state index in [1.54, 1.807) is 43.3 Å². The zero-order chi connectivity index (χ0) is 21.3. The maximum atomic E-state index is 13.5. The summed E-state index contributed by atoms with van der Waals surface area (Å²) in [6, 6.07) is 14.0. The quantitative estimate of drug-likeness (QED) is 0.628. The average molecular weight is 427 g/mol. The highest BCUT2D eigenvalue weighted by Crippen LogP contribution is 2.32. The summed E-state index contributed by atoms with van der Waals surface area (Å²) >= 11 is 0. The van der Waals surface area contributed by atoms with Gasteiger partial charge in [0.25, 0.3) is 10.0 Å². The van der Waals surface area contributed by atoms with E-state index in [0.717, 1.165) is 40.9 Å². The fourth-order valence-corrected chi connectivity index (χ4v) is 5.54. The van der Waals surface area contributed by atoms with E-state index in [1.807, 2.05) is 19.1 Å².